The summed E-state index contributed by atoms with van der Waals surface area (Å²) in [5.41, 5.74) is 1.58. The molecule has 0 amide bonds. The van der Waals surface area contributed by atoms with Gasteiger partial charge in [-0.05, 0) is 79.6 Å². The second-order valence-electron chi connectivity index (χ2n) is 8.98. The van der Waals surface area contributed by atoms with Crippen LogP contribution in [-0.2, 0) is 9.59 Å². The Bertz CT molecular complexity index is 592. The number of carboxylic acids is 1. The van der Waals surface area contributed by atoms with Crippen LogP contribution in [0.15, 0.2) is 11.6 Å². The first-order valence-corrected chi connectivity index (χ1v) is 9.33. The number of carboxylic acid groups (broad SMARTS) is 1. The molecule has 126 valence electrons. The third kappa shape index (κ3) is 2.01. The van der Waals surface area contributed by atoms with Gasteiger partial charge in [-0.1, -0.05) is 19.4 Å². The topological polar surface area (TPSA) is 54.4 Å². The van der Waals surface area contributed by atoms with Crippen molar-refractivity contribution < 1.29 is 14.7 Å². The monoisotopic (exact) mass is 316 g/mol. The quantitative estimate of drug-likeness (QED) is 0.788. The first-order chi connectivity index (χ1) is 10.9. The molecule has 6 atom stereocenters. The molecule has 0 radical (unpaired) electrons. The predicted molar refractivity (Wildman–Crippen MR) is 87.8 cm³/mol. The van der Waals surface area contributed by atoms with Crippen LogP contribution in [0.25, 0.3) is 0 Å². The number of carbonyl (C=O) groups is 2. The third-order valence-electron chi connectivity index (χ3n) is 8.26. The fraction of sp³-hybridized carbons (Fsp3) is 0.800. The van der Waals surface area contributed by atoms with Gasteiger partial charge in [0.1, 0.15) is 0 Å². The van der Waals surface area contributed by atoms with Crippen LogP contribution in [0.5, 0.6) is 0 Å². The third-order valence-corrected chi connectivity index (χ3v) is 8.26. The van der Waals surface area contributed by atoms with Gasteiger partial charge in [0.05, 0.1) is 5.92 Å². The average Bonchev–Trinajstić information content (AvgIpc) is 2.85. The van der Waals surface area contributed by atoms with Crippen LogP contribution in [0.2, 0.25) is 0 Å². The van der Waals surface area contributed by atoms with Gasteiger partial charge in [0.15, 0.2) is 5.78 Å². The Balaban J connectivity index is 1.67. The highest BCUT2D eigenvalue weighted by atomic mass is 16.4. The summed E-state index contributed by atoms with van der Waals surface area (Å²) in [6.07, 6.45) is 9.99. The molecule has 0 spiro atoms. The van der Waals surface area contributed by atoms with Gasteiger partial charge in [0.25, 0.3) is 0 Å². The summed E-state index contributed by atoms with van der Waals surface area (Å²) >= 11 is 0. The lowest BCUT2D eigenvalue weighted by atomic mass is 9.47. The molecule has 0 aromatic rings. The highest BCUT2D eigenvalue weighted by Crippen LogP contribution is 2.66. The molecule has 0 saturated heterocycles. The summed E-state index contributed by atoms with van der Waals surface area (Å²) in [5.74, 6) is 1.46. The molecule has 1 N–H and O–H groups in total. The van der Waals surface area contributed by atoms with Crippen molar-refractivity contribution in [3.8, 4) is 0 Å². The molecule has 0 aromatic carbocycles. The Morgan fingerprint density at radius 3 is 2.61 bits per heavy atom. The molecule has 3 saturated carbocycles. The van der Waals surface area contributed by atoms with Crippen molar-refractivity contribution in [2.24, 2.45) is 34.5 Å². The zero-order valence-electron chi connectivity index (χ0n) is 14.3. The molecular formula is C20H28O3. The van der Waals surface area contributed by atoms with E-state index in [9.17, 15) is 14.7 Å². The van der Waals surface area contributed by atoms with Gasteiger partial charge in [-0.3, -0.25) is 9.59 Å². The second-order valence-corrected chi connectivity index (χ2v) is 8.98. The van der Waals surface area contributed by atoms with E-state index in [-0.39, 0.29) is 16.7 Å². The number of rotatable bonds is 1. The molecule has 0 heterocycles. The molecule has 3 fully saturated rings. The fourth-order valence-corrected chi connectivity index (χ4v) is 6.97. The van der Waals surface area contributed by atoms with E-state index in [1.165, 1.54) is 5.57 Å². The number of aliphatic carboxylic acids is 1. The zero-order chi connectivity index (χ0) is 16.4. The minimum absolute atomic E-state index is 0.00490. The number of hydrogen-bond donors (Lipinski definition) is 1. The van der Waals surface area contributed by atoms with E-state index in [2.05, 4.69) is 13.8 Å². The highest BCUT2D eigenvalue weighted by molar-refractivity contribution is 5.91. The number of hydrogen-bond acceptors (Lipinski definition) is 2. The van der Waals surface area contributed by atoms with E-state index in [1.807, 2.05) is 6.08 Å². The van der Waals surface area contributed by atoms with Crippen molar-refractivity contribution in [1.29, 1.82) is 0 Å². The predicted octanol–water partition coefficient (Wildman–Crippen LogP) is 4.22. The van der Waals surface area contributed by atoms with Crippen molar-refractivity contribution >= 4 is 11.8 Å². The molecule has 4 aliphatic rings. The Morgan fingerprint density at radius 1 is 1.09 bits per heavy atom. The molecule has 0 aromatic heterocycles. The van der Waals surface area contributed by atoms with Crippen molar-refractivity contribution in [1.82, 2.24) is 0 Å². The van der Waals surface area contributed by atoms with Gasteiger partial charge in [0, 0.05) is 6.42 Å². The van der Waals surface area contributed by atoms with Gasteiger partial charge < -0.3 is 5.11 Å². The molecule has 23 heavy (non-hydrogen) atoms. The maximum atomic E-state index is 11.8. The molecule has 3 nitrogen and oxygen atoms in total. The van der Waals surface area contributed by atoms with Crippen LogP contribution in [0, 0.1) is 34.5 Å². The lowest BCUT2D eigenvalue weighted by molar-refractivity contribution is -0.149. The van der Waals surface area contributed by atoms with Crippen LogP contribution in [0.4, 0.5) is 0 Å². The standard InChI is InChI=1S/C20H28O3/c1-19-9-7-13(21)11-12(19)3-4-14-15-5-6-17(18(22)23)20(15,2)10-8-16(14)19/h11,14-17H,3-10H2,1-2H3,(H,22,23)/t14-,15-,16-,17-,19-,20-/m0/s1. The number of fused-ring (bicyclic) bond motifs is 5. The van der Waals surface area contributed by atoms with Gasteiger partial charge in [-0.2, -0.15) is 0 Å². The summed E-state index contributed by atoms with van der Waals surface area (Å²) in [4.78, 5) is 23.5. The lowest BCUT2D eigenvalue weighted by Gasteiger charge is -2.57. The van der Waals surface area contributed by atoms with Crippen molar-refractivity contribution in [2.45, 2.75) is 65.2 Å². The Kier molecular flexibility index (Phi) is 3.31. The maximum absolute atomic E-state index is 11.8. The number of ketones is 1. The number of allylic oxidation sites excluding steroid dienone is 1. The van der Waals surface area contributed by atoms with Crippen molar-refractivity contribution in [3.05, 3.63) is 11.6 Å². The Morgan fingerprint density at radius 2 is 1.87 bits per heavy atom. The van der Waals surface area contributed by atoms with E-state index in [0.717, 1.165) is 44.9 Å². The van der Waals surface area contributed by atoms with Crippen molar-refractivity contribution in [2.75, 3.05) is 0 Å². The largest absolute Gasteiger partial charge is 0.481 e. The van der Waals surface area contributed by atoms with Crippen LogP contribution in [-0.4, -0.2) is 16.9 Å². The van der Waals surface area contributed by atoms with E-state index in [4.69, 9.17) is 0 Å². The maximum Gasteiger partial charge on any atom is 0.307 e. The highest BCUT2D eigenvalue weighted by Gasteiger charge is 2.60. The molecule has 0 aliphatic heterocycles. The molecule has 4 rings (SSSR count). The number of carbonyl (C=O) groups excluding carboxylic acids is 1. The minimum Gasteiger partial charge on any atom is -0.481 e. The molecule has 0 bridgehead atoms. The molecular weight excluding hydrogens is 288 g/mol. The summed E-state index contributed by atoms with van der Waals surface area (Å²) in [6.45, 7) is 4.63. The van der Waals surface area contributed by atoms with Crippen LogP contribution >= 0.6 is 0 Å². The summed E-state index contributed by atoms with van der Waals surface area (Å²) in [5, 5.41) is 9.63. The normalized spacial score (nSPS) is 49.0. The smallest absolute Gasteiger partial charge is 0.307 e. The van der Waals surface area contributed by atoms with E-state index >= 15 is 0 Å². The minimum atomic E-state index is -0.584. The second kappa shape index (κ2) is 4.94. The lowest BCUT2D eigenvalue weighted by Crippen LogP contribution is -2.51. The van der Waals surface area contributed by atoms with Crippen LogP contribution < -0.4 is 0 Å². The van der Waals surface area contributed by atoms with Gasteiger partial charge in [-0.15, -0.1) is 0 Å². The summed E-state index contributed by atoms with van der Waals surface area (Å²) in [6, 6.07) is 0. The van der Waals surface area contributed by atoms with Crippen LogP contribution in [0.1, 0.15) is 65.2 Å². The van der Waals surface area contributed by atoms with Crippen LogP contribution in [0.3, 0.4) is 0 Å². The fourth-order valence-electron chi connectivity index (χ4n) is 6.97. The van der Waals surface area contributed by atoms with Gasteiger partial charge >= 0.3 is 5.97 Å². The van der Waals surface area contributed by atoms with Crippen molar-refractivity contribution in [3.63, 3.8) is 0 Å². The van der Waals surface area contributed by atoms with Gasteiger partial charge in [0.2, 0.25) is 0 Å². The Hall–Kier alpha value is -1.12. The molecule has 3 heteroatoms. The molecule has 4 aliphatic carbocycles. The first-order valence-electron chi connectivity index (χ1n) is 9.33. The molecule has 0 unspecified atom stereocenters. The first kappa shape index (κ1) is 15.4. The SMILES string of the molecule is C[C@]12CC[C@H]3[C@@H](CCC4=CC(=O)CC[C@@]43C)[C@@H]1CC[C@H]2C(=O)O. The Labute approximate surface area is 138 Å². The summed E-state index contributed by atoms with van der Waals surface area (Å²) < 4.78 is 0. The zero-order valence-corrected chi connectivity index (χ0v) is 14.3. The van der Waals surface area contributed by atoms with E-state index in [1.54, 1.807) is 0 Å². The van der Waals surface area contributed by atoms with E-state index in [0.29, 0.717) is 30.0 Å². The van der Waals surface area contributed by atoms with E-state index < -0.39 is 5.97 Å². The van der Waals surface area contributed by atoms with Gasteiger partial charge in [-0.25, -0.2) is 0 Å². The average molecular weight is 316 g/mol. The summed E-state index contributed by atoms with van der Waals surface area (Å²) in [7, 11) is 0.